The van der Waals surface area contributed by atoms with Crippen LogP contribution in [0, 0.1) is 5.92 Å². The standard InChI is InChI=1S/C22H31N3O/c1-2-9-22(26)23-16-8-14-21-24-19-12-6-7-13-20(19)25(21)17-15-18-10-4-3-5-11-18/h2,6-7,9,12-13,18H,3-5,8,10-11,14-17H2,1H3,(H,23,26)/b9-2-. The number of hydrogen-bond donors (Lipinski definition) is 1. The molecule has 4 nitrogen and oxygen atoms in total. The third-order valence-corrected chi connectivity index (χ3v) is 5.41. The minimum absolute atomic E-state index is 0.0155. The number of benzene rings is 1. The van der Waals surface area contributed by atoms with E-state index in [2.05, 4.69) is 34.1 Å². The molecule has 1 N–H and O–H groups in total. The van der Waals surface area contributed by atoms with Crippen LogP contribution in [0.15, 0.2) is 36.4 Å². The Hall–Kier alpha value is -2.10. The molecule has 140 valence electrons. The molecule has 2 aromatic rings. The van der Waals surface area contributed by atoms with Crippen molar-refractivity contribution in [3.05, 3.63) is 42.2 Å². The van der Waals surface area contributed by atoms with Gasteiger partial charge in [0.2, 0.25) is 5.91 Å². The Kier molecular flexibility index (Phi) is 6.87. The van der Waals surface area contributed by atoms with Crippen LogP contribution in [0.5, 0.6) is 0 Å². The molecule has 3 rings (SSSR count). The first kappa shape index (κ1) is 18.7. The van der Waals surface area contributed by atoms with Crippen LogP contribution in [0.2, 0.25) is 0 Å². The van der Waals surface area contributed by atoms with Crippen LogP contribution in [-0.4, -0.2) is 22.0 Å². The van der Waals surface area contributed by atoms with Crippen molar-refractivity contribution in [2.75, 3.05) is 6.54 Å². The molecule has 4 heteroatoms. The number of carbonyl (C=O) groups is 1. The number of nitrogens with one attached hydrogen (secondary N) is 1. The van der Waals surface area contributed by atoms with Crippen molar-refractivity contribution in [1.82, 2.24) is 14.9 Å². The molecule has 0 aliphatic heterocycles. The van der Waals surface area contributed by atoms with E-state index in [-0.39, 0.29) is 5.91 Å². The molecule has 0 saturated heterocycles. The normalized spacial score (nSPS) is 15.7. The van der Waals surface area contributed by atoms with Gasteiger partial charge < -0.3 is 9.88 Å². The molecule has 1 aliphatic rings. The van der Waals surface area contributed by atoms with Crippen molar-refractivity contribution in [1.29, 1.82) is 0 Å². The summed E-state index contributed by atoms with van der Waals surface area (Å²) in [6, 6.07) is 8.44. The lowest BCUT2D eigenvalue weighted by atomic mass is 9.87. The van der Waals surface area contributed by atoms with E-state index in [1.807, 2.05) is 6.92 Å². The topological polar surface area (TPSA) is 46.9 Å². The number of carbonyl (C=O) groups excluding carboxylic acids is 1. The molecule has 1 fully saturated rings. The lowest BCUT2D eigenvalue weighted by Gasteiger charge is -2.22. The van der Waals surface area contributed by atoms with Crippen LogP contribution in [0.1, 0.15) is 57.7 Å². The maximum atomic E-state index is 11.5. The fourth-order valence-electron chi connectivity index (χ4n) is 4.02. The Morgan fingerprint density at radius 2 is 2.08 bits per heavy atom. The van der Waals surface area contributed by atoms with Crippen molar-refractivity contribution < 1.29 is 4.79 Å². The number of nitrogens with zero attached hydrogens (tertiary/aromatic N) is 2. The number of fused-ring (bicyclic) bond motifs is 1. The summed E-state index contributed by atoms with van der Waals surface area (Å²) >= 11 is 0. The zero-order chi connectivity index (χ0) is 18.2. The average molecular weight is 354 g/mol. The van der Waals surface area contributed by atoms with Gasteiger partial charge in [0.15, 0.2) is 0 Å². The van der Waals surface area contributed by atoms with Crippen LogP contribution in [0.4, 0.5) is 0 Å². The lowest BCUT2D eigenvalue weighted by molar-refractivity contribution is -0.116. The van der Waals surface area contributed by atoms with Gasteiger partial charge in [0.1, 0.15) is 5.82 Å². The molecule has 0 spiro atoms. The summed E-state index contributed by atoms with van der Waals surface area (Å²) < 4.78 is 2.41. The number of aromatic nitrogens is 2. The molecule has 1 heterocycles. The maximum Gasteiger partial charge on any atom is 0.243 e. The maximum absolute atomic E-state index is 11.5. The predicted octanol–water partition coefficient (Wildman–Crippen LogP) is 4.63. The Balaban J connectivity index is 1.63. The molecule has 1 aromatic carbocycles. The van der Waals surface area contributed by atoms with E-state index in [4.69, 9.17) is 4.98 Å². The van der Waals surface area contributed by atoms with Crippen LogP contribution >= 0.6 is 0 Å². The zero-order valence-corrected chi connectivity index (χ0v) is 15.9. The number of hydrogen-bond acceptors (Lipinski definition) is 2. The van der Waals surface area contributed by atoms with Gasteiger partial charge in [-0.3, -0.25) is 4.79 Å². The van der Waals surface area contributed by atoms with Gasteiger partial charge in [0.25, 0.3) is 0 Å². The summed E-state index contributed by atoms with van der Waals surface area (Å²) in [5.74, 6) is 2.01. The molecule has 1 aromatic heterocycles. The summed E-state index contributed by atoms with van der Waals surface area (Å²) in [5.41, 5.74) is 2.33. The molecular formula is C22H31N3O. The smallest absolute Gasteiger partial charge is 0.243 e. The number of para-hydroxylation sites is 2. The van der Waals surface area contributed by atoms with Gasteiger partial charge in [-0.1, -0.05) is 50.3 Å². The lowest BCUT2D eigenvalue weighted by Crippen LogP contribution is -2.22. The highest BCUT2D eigenvalue weighted by Crippen LogP contribution is 2.28. The van der Waals surface area contributed by atoms with Gasteiger partial charge in [-0.2, -0.15) is 0 Å². The van der Waals surface area contributed by atoms with E-state index in [1.165, 1.54) is 44.0 Å². The van der Waals surface area contributed by atoms with Crippen molar-refractivity contribution in [2.45, 2.75) is 64.8 Å². The Labute approximate surface area is 156 Å². The molecule has 1 aliphatic carbocycles. The van der Waals surface area contributed by atoms with Crippen LogP contribution in [-0.2, 0) is 17.8 Å². The van der Waals surface area contributed by atoms with Gasteiger partial charge in [0.05, 0.1) is 11.0 Å². The van der Waals surface area contributed by atoms with Gasteiger partial charge in [-0.15, -0.1) is 0 Å². The van der Waals surface area contributed by atoms with Crippen LogP contribution in [0.25, 0.3) is 11.0 Å². The van der Waals surface area contributed by atoms with Crippen LogP contribution < -0.4 is 5.32 Å². The molecule has 26 heavy (non-hydrogen) atoms. The second-order valence-electron chi connectivity index (χ2n) is 7.36. The molecule has 0 radical (unpaired) electrons. The molecular weight excluding hydrogens is 322 g/mol. The van der Waals surface area contributed by atoms with E-state index in [0.717, 1.165) is 36.6 Å². The third kappa shape index (κ3) is 4.96. The van der Waals surface area contributed by atoms with E-state index < -0.39 is 0 Å². The predicted molar refractivity (Wildman–Crippen MR) is 107 cm³/mol. The summed E-state index contributed by atoms with van der Waals surface area (Å²) in [6.45, 7) is 3.61. The van der Waals surface area contributed by atoms with Crippen molar-refractivity contribution in [2.24, 2.45) is 5.92 Å². The van der Waals surface area contributed by atoms with Crippen LogP contribution in [0.3, 0.4) is 0 Å². The Morgan fingerprint density at radius 1 is 1.27 bits per heavy atom. The highest BCUT2D eigenvalue weighted by molar-refractivity contribution is 5.87. The fourth-order valence-corrected chi connectivity index (χ4v) is 4.02. The number of allylic oxidation sites excluding steroid dienone is 1. The monoisotopic (exact) mass is 353 g/mol. The molecule has 1 amide bonds. The van der Waals surface area contributed by atoms with E-state index in [1.54, 1.807) is 12.2 Å². The quantitative estimate of drug-likeness (QED) is 0.555. The summed E-state index contributed by atoms with van der Waals surface area (Å²) in [6.07, 6.45) is 13.4. The average Bonchev–Trinajstić information content (AvgIpc) is 3.02. The second-order valence-corrected chi connectivity index (χ2v) is 7.36. The molecule has 0 atom stereocenters. The fraction of sp³-hybridized carbons (Fsp3) is 0.545. The van der Waals surface area contributed by atoms with E-state index in [9.17, 15) is 4.79 Å². The summed E-state index contributed by atoms with van der Waals surface area (Å²) in [5, 5.41) is 2.93. The highest BCUT2D eigenvalue weighted by Gasteiger charge is 2.16. The Morgan fingerprint density at radius 3 is 2.88 bits per heavy atom. The number of rotatable bonds is 8. The first-order chi connectivity index (χ1) is 12.8. The first-order valence-corrected chi connectivity index (χ1v) is 10.1. The first-order valence-electron chi connectivity index (χ1n) is 10.1. The van der Waals surface area contributed by atoms with Gasteiger partial charge in [-0.25, -0.2) is 4.98 Å². The number of aryl methyl sites for hydroxylation is 2. The van der Waals surface area contributed by atoms with Crippen molar-refractivity contribution in [3.63, 3.8) is 0 Å². The third-order valence-electron chi connectivity index (χ3n) is 5.41. The summed E-state index contributed by atoms with van der Waals surface area (Å²) in [7, 11) is 0. The minimum atomic E-state index is -0.0155. The molecule has 0 unspecified atom stereocenters. The van der Waals surface area contributed by atoms with E-state index in [0.29, 0.717) is 6.54 Å². The number of amides is 1. The molecule has 0 bridgehead atoms. The largest absolute Gasteiger partial charge is 0.353 e. The van der Waals surface area contributed by atoms with Gasteiger partial charge >= 0.3 is 0 Å². The zero-order valence-electron chi connectivity index (χ0n) is 15.9. The number of imidazole rings is 1. The SMILES string of the molecule is C/C=C\C(=O)NCCCc1nc2ccccc2n1CCC1CCCCC1. The Bertz CT molecular complexity index is 741. The minimum Gasteiger partial charge on any atom is -0.353 e. The summed E-state index contributed by atoms with van der Waals surface area (Å²) in [4.78, 5) is 16.4. The second kappa shape index (κ2) is 9.56. The van der Waals surface area contributed by atoms with Gasteiger partial charge in [-0.05, 0) is 43.9 Å². The van der Waals surface area contributed by atoms with Crippen molar-refractivity contribution in [3.8, 4) is 0 Å². The molecule has 1 saturated carbocycles. The van der Waals surface area contributed by atoms with Crippen molar-refractivity contribution >= 4 is 16.9 Å². The van der Waals surface area contributed by atoms with E-state index >= 15 is 0 Å². The van der Waals surface area contributed by atoms with Gasteiger partial charge in [0, 0.05) is 19.5 Å². The highest BCUT2D eigenvalue weighted by atomic mass is 16.1.